The van der Waals surface area contributed by atoms with Crippen molar-refractivity contribution in [2.75, 3.05) is 6.54 Å². The van der Waals surface area contributed by atoms with E-state index in [2.05, 4.69) is 22.2 Å². The third-order valence-electron chi connectivity index (χ3n) is 4.49. The standard InChI is InChI=1S/C17H22N4O2/c1-11-5-3-4-8-21(11)17(23)12(2)20-16(22)13-6-7-14-15(9-13)19-10-18-14/h6-7,9-12H,3-5,8H2,1-2H3,(H,18,19)(H,20,22). The van der Waals surface area contributed by atoms with Crippen LogP contribution in [0.1, 0.15) is 43.5 Å². The number of carbonyl (C=O) groups excluding carboxylic acids is 2. The smallest absolute Gasteiger partial charge is 0.251 e. The molecule has 2 heterocycles. The van der Waals surface area contributed by atoms with Gasteiger partial charge in [-0.15, -0.1) is 0 Å². The molecule has 6 heteroatoms. The lowest BCUT2D eigenvalue weighted by Crippen LogP contribution is -2.51. The summed E-state index contributed by atoms with van der Waals surface area (Å²) in [6.07, 6.45) is 4.82. The highest BCUT2D eigenvalue weighted by Gasteiger charge is 2.27. The molecular formula is C17H22N4O2. The van der Waals surface area contributed by atoms with Gasteiger partial charge in [0, 0.05) is 18.2 Å². The molecule has 2 N–H and O–H groups in total. The predicted octanol–water partition coefficient (Wildman–Crippen LogP) is 2.08. The molecule has 1 aromatic heterocycles. The van der Waals surface area contributed by atoms with Gasteiger partial charge in [-0.2, -0.15) is 0 Å². The maximum Gasteiger partial charge on any atom is 0.251 e. The van der Waals surface area contributed by atoms with Crippen LogP contribution in [0.25, 0.3) is 11.0 Å². The molecule has 2 aromatic rings. The fraction of sp³-hybridized carbons (Fsp3) is 0.471. The van der Waals surface area contributed by atoms with E-state index in [0.29, 0.717) is 5.56 Å². The van der Waals surface area contributed by atoms with Gasteiger partial charge in [-0.05, 0) is 51.3 Å². The molecule has 0 bridgehead atoms. The maximum atomic E-state index is 12.5. The number of benzene rings is 1. The van der Waals surface area contributed by atoms with Crippen LogP contribution in [0.4, 0.5) is 0 Å². The zero-order valence-corrected chi connectivity index (χ0v) is 13.5. The first-order chi connectivity index (χ1) is 11.1. The van der Waals surface area contributed by atoms with Gasteiger partial charge >= 0.3 is 0 Å². The quantitative estimate of drug-likeness (QED) is 0.910. The molecule has 1 fully saturated rings. The third kappa shape index (κ3) is 3.21. The van der Waals surface area contributed by atoms with Crippen LogP contribution < -0.4 is 5.32 Å². The van der Waals surface area contributed by atoms with Gasteiger partial charge in [0.1, 0.15) is 6.04 Å². The number of aromatic amines is 1. The highest BCUT2D eigenvalue weighted by Crippen LogP contribution is 2.17. The van der Waals surface area contributed by atoms with Crippen LogP contribution in [0.5, 0.6) is 0 Å². The summed E-state index contributed by atoms with van der Waals surface area (Å²) in [7, 11) is 0. The average Bonchev–Trinajstić information content (AvgIpc) is 3.02. The minimum Gasteiger partial charge on any atom is -0.345 e. The van der Waals surface area contributed by atoms with Gasteiger partial charge in [0.2, 0.25) is 5.91 Å². The number of hydrogen-bond acceptors (Lipinski definition) is 3. The van der Waals surface area contributed by atoms with Gasteiger partial charge in [-0.25, -0.2) is 4.98 Å². The van der Waals surface area contributed by atoms with Gasteiger partial charge in [0.15, 0.2) is 0 Å². The predicted molar refractivity (Wildman–Crippen MR) is 88.0 cm³/mol. The van der Waals surface area contributed by atoms with Crippen molar-refractivity contribution in [1.82, 2.24) is 20.2 Å². The molecule has 6 nitrogen and oxygen atoms in total. The van der Waals surface area contributed by atoms with Crippen LogP contribution in [0.2, 0.25) is 0 Å². The summed E-state index contributed by atoms with van der Waals surface area (Å²) in [5, 5.41) is 2.81. The summed E-state index contributed by atoms with van der Waals surface area (Å²) in [6.45, 7) is 4.59. The molecule has 23 heavy (non-hydrogen) atoms. The highest BCUT2D eigenvalue weighted by atomic mass is 16.2. The summed E-state index contributed by atoms with van der Waals surface area (Å²) in [4.78, 5) is 33.9. The summed E-state index contributed by atoms with van der Waals surface area (Å²) in [5.41, 5.74) is 2.14. The Morgan fingerprint density at radius 2 is 2.22 bits per heavy atom. The van der Waals surface area contributed by atoms with E-state index in [9.17, 15) is 9.59 Å². The van der Waals surface area contributed by atoms with Crippen molar-refractivity contribution < 1.29 is 9.59 Å². The average molecular weight is 314 g/mol. The molecule has 0 saturated carbocycles. The minimum atomic E-state index is -0.527. The van der Waals surface area contributed by atoms with Crippen molar-refractivity contribution in [3.05, 3.63) is 30.1 Å². The van der Waals surface area contributed by atoms with Crippen molar-refractivity contribution in [2.24, 2.45) is 0 Å². The van der Waals surface area contributed by atoms with Crippen LogP contribution in [-0.4, -0.2) is 45.3 Å². The minimum absolute atomic E-state index is 0.00633. The van der Waals surface area contributed by atoms with Gasteiger partial charge in [0.05, 0.1) is 17.4 Å². The molecule has 1 aliphatic heterocycles. The maximum absolute atomic E-state index is 12.5. The highest BCUT2D eigenvalue weighted by molar-refractivity contribution is 5.99. The number of aromatic nitrogens is 2. The number of fused-ring (bicyclic) bond motifs is 1. The molecule has 0 aliphatic carbocycles. The van der Waals surface area contributed by atoms with Crippen LogP contribution >= 0.6 is 0 Å². The molecule has 3 rings (SSSR count). The monoisotopic (exact) mass is 314 g/mol. The lowest BCUT2D eigenvalue weighted by molar-refractivity contribution is -0.136. The Kier molecular flexibility index (Phi) is 4.32. The first-order valence-corrected chi connectivity index (χ1v) is 8.11. The van der Waals surface area contributed by atoms with Crippen LogP contribution in [0.15, 0.2) is 24.5 Å². The first-order valence-electron chi connectivity index (χ1n) is 8.11. The van der Waals surface area contributed by atoms with Gasteiger partial charge in [0.25, 0.3) is 5.91 Å². The van der Waals surface area contributed by atoms with E-state index in [1.165, 1.54) is 0 Å². The number of rotatable bonds is 3. The van der Waals surface area contributed by atoms with Gasteiger partial charge in [-0.1, -0.05) is 0 Å². The second-order valence-electron chi connectivity index (χ2n) is 6.21. The summed E-state index contributed by atoms with van der Waals surface area (Å²) >= 11 is 0. The summed E-state index contributed by atoms with van der Waals surface area (Å²) in [6, 6.07) is 4.98. The molecule has 0 radical (unpaired) electrons. The Hall–Kier alpha value is -2.37. The SMILES string of the molecule is CC(NC(=O)c1ccc2nc[nH]c2c1)C(=O)N1CCCCC1C. The number of piperidine rings is 1. The lowest BCUT2D eigenvalue weighted by atomic mass is 10.0. The largest absolute Gasteiger partial charge is 0.345 e. The molecule has 2 unspecified atom stereocenters. The number of likely N-dealkylation sites (tertiary alicyclic amines) is 1. The first kappa shape index (κ1) is 15.5. The second kappa shape index (κ2) is 6.40. The summed E-state index contributed by atoms with van der Waals surface area (Å²) < 4.78 is 0. The van der Waals surface area contributed by atoms with E-state index in [1.54, 1.807) is 31.5 Å². The van der Waals surface area contributed by atoms with Crippen molar-refractivity contribution in [3.63, 3.8) is 0 Å². The normalized spacial score (nSPS) is 19.6. The number of imidazole rings is 1. The Bertz CT molecular complexity index is 724. The zero-order chi connectivity index (χ0) is 16.4. The lowest BCUT2D eigenvalue weighted by Gasteiger charge is -2.35. The molecule has 1 saturated heterocycles. The Morgan fingerprint density at radius 3 is 3.00 bits per heavy atom. The molecule has 0 spiro atoms. The number of carbonyl (C=O) groups is 2. The Morgan fingerprint density at radius 1 is 1.39 bits per heavy atom. The van der Waals surface area contributed by atoms with Crippen molar-refractivity contribution >= 4 is 22.8 Å². The molecular weight excluding hydrogens is 292 g/mol. The molecule has 2 amide bonds. The van der Waals surface area contributed by atoms with E-state index in [0.717, 1.165) is 36.8 Å². The van der Waals surface area contributed by atoms with Crippen molar-refractivity contribution in [3.8, 4) is 0 Å². The van der Waals surface area contributed by atoms with E-state index >= 15 is 0 Å². The van der Waals surface area contributed by atoms with Gasteiger partial charge in [-0.3, -0.25) is 9.59 Å². The number of H-pyrrole nitrogens is 1. The summed E-state index contributed by atoms with van der Waals surface area (Å²) in [5.74, 6) is -0.250. The fourth-order valence-corrected chi connectivity index (χ4v) is 3.09. The molecule has 2 atom stereocenters. The number of hydrogen-bond donors (Lipinski definition) is 2. The van der Waals surface area contributed by atoms with Gasteiger partial charge < -0.3 is 15.2 Å². The molecule has 122 valence electrons. The van der Waals surface area contributed by atoms with Crippen molar-refractivity contribution in [2.45, 2.75) is 45.2 Å². The Balaban J connectivity index is 1.67. The van der Waals surface area contributed by atoms with E-state index in [4.69, 9.17) is 0 Å². The zero-order valence-electron chi connectivity index (χ0n) is 13.5. The number of nitrogens with one attached hydrogen (secondary N) is 2. The van der Waals surface area contributed by atoms with Crippen LogP contribution in [-0.2, 0) is 4.79 Å². The number of nitrogens with zero attached hydrogens (tertiary/aromatic N) is 2. The Labute approximate surface area is 135 Å². The van der Waals surface area contributed by atoms with E-state index < -0.39 is 6.04 Å². The van der Waals surface area contributed by atoms with Crippen LogP contribution in [0.3, 0.4) is 0 Å². The third-order valence-corrected chi connectivity index (χ3v) is 4.49. The van der Waals surface area contributed by atoms with E-state index in [1.807, 2.05) is 4.90 Å². The van der Waals surface area contributed by atoms with Crippen molar-refractivity contribution in [1.29, 1.82) is 0 Å². The molecule has 1 aromatic carbocycles. The second-order valence-corrected chi connectivity index (χ2v) is 6.21. The number of amides is 2. The fourth-order valence-electron chi connectivity index (χ4n) is 3.09. The van der Waals surface area contributed by atoms with E-state index in [-0.39, 0.29) is 17.9 Å². The van der Waals surface area contributed by atoms with Crippen LogP contribution in [0, 0.1) is 0 Å². The topological polar surface area (TPSA) is 78.1 Å². The molecule has 1 aliphatic rings.